The zero-order chi connectivity index (χ0) is 14.2. The Morgan fingerprint density at radius 3 is 2.60 bits per heavy atom. The number of fused-ring (bicyclic) bond motifs is 1. The predicted molar refractivity (Wildman–Crippen MR) is 88.6 cm³/mol. The van der Waals surface area contributed by atoms with Gasteiger partial charge < -0.3 is 4.74 Å². The quantitative estimate of drug-likeness (QED) is 0.667. The molecule has 2 heteroatoms. The second-order valence-electron chi connectivity index (χ2n) is 5.93. The first-order valence-corrected chi connectivity index (χ1v) is 8.24. The van der Waals surface area contributed by atoms with Crippen molar-refractivity contribution < 1.29 is 4.74 Å². The van der Waals surface area contributed by atoms with Gasteiger partial charge in [0, 0.05) is 11.9 Å². The van der Waals surface area contributed by atoms with Crippen LogP contribution in [-0.2, 0) is 4.74 Å². The van der Waals surface area contributed by atoms with Gasteiger partial charge in [0.05, 0.1) is 5.60 Å². The lowest BCUT2D eigenvalue weighted by Crippen LogP contribution is -2.39. The van der Waals surface area contributed by atoms with Crippen molar-refractivity contribution >= 4 is 26.7 Å². The van der Waals surface area contributed by atoms with E-state index >= 15 is 0 Å². The fraction of sp³-hybridized carbons (Fsp3) is 0.444. The van der Waals surface area contributed by atoms with Crippen LogP contribution in [-0.4, -0.2) is 12.7 Å². The van der Waals surface area contributed by atoms with Crippen molar-refractivity contribution in [3.63, 3.8) is 0 Å². The van der Waals surface area contributed by atoms with Crippen molar-refractivity contribution in [3.05, 3.63) is 47.5 Å². The summed E-state index contributed by atoms with van der Waals surface area (Å²) in [5.41, 5.74) is 2.87. The van der Waals surface area contributed by atoms with Crippen LogP contribution in [0.2, 0.25) is 0 Å². The van der Waals surface area contributed by atoms with E-state index in [1.54, 1.807) is 0 Å². The van der Waals surface area contributed by atoms with Gasteiger partial charge in [-0.05, 0) is 54.5 Å². The van der Waals surface area contributed by atoms with Crippen LogP contribution in [0.15, 0.2) is 36.4 Å². The summed E-state index contributed by atoms with van der Waals surface area (Å²) in [5.74, 6) is 0. The monoisotopic (exact) mass is 332 g/mol. The van der Waals surface area contributed by atoms with E-state index in [-0.39, 0.29) is 5.60 Å². The zero-order valence-electron chi connectivity index (χ0n) is 12.2. The lowest BCUT2D eigenvalue weighted by Gasteiger charge is -2.42. The average molecular weight is 333 g/mol. The number of rotatable bonds is 4. The zero-order valence-corrected chi connectivity index (χ0v) is 13.7. The highest BCUT2D eigenvalue weighted by Crippen LogP contribution is 2.46. The van der Waals surface area contributed by atoms with E-state index in [4.69, 9.17) is 4.74 Å². The van der Waals surface area contributed by atoms with Crippen molar-refractivity contribution in [2.45, 2.75) is 43.0 Å². The lowest BCUT2D eigenvalue weighted by atomic mass is 9.75. The van der Waals surface area contributed by atoms with Gasteiger partial charge in [0.2, 0.25) is 0 Å². The van der Waals surface area contributed by atoms with E-state index < -0.39 is 0 Å². The topological polar surface area (TPSA) is 9.23 Å². The Hall–Kier alpha value is -0.860. The van der Waals surface area contributed by atoms with Gasteiger partial charge in [0.1, 0.15) is 0 Å². The summed E-state index contributed by atoms with van der Waals surface area (Å²) in [4.78, 5) is 0.355. The summed E-state index contributed by atoms with van der Waals surface area (Å²) < 4.78 is 5.79. The molecular formula is C18H21BrO. The molecule has 0 radical (unpaired) electrons. The van der Waals surface area contributed by atoms with Crippen molar-refractivity contribution in [1.82, 2.24) is 0 Å². The first-order valence-electron chi connectivity index (χ1n) is 7.33. The number of ether oxygens (including phenoxy) is 1. The third kappa shape index (κ3) is 2.40. The number of aryl methyl sites for hydroxylation is 1. The molecule has 1 nitrogen and oxygen atoms in total. The molecular weight excluding hydrogens is 312 g/mol. The normalized spacial score (nSPS) is 18.8. The fourth-order valence-corrected chi connectivity index (χ4v) is 4.51. The molecule has 2 aromatic rings. The Balaban J connectivity index is 1.98. The van der Waals surface area contributed by atoms with Crippen molar-refractivity contribution in [1.29, 1.82) is 0 Å². The van der Waals surface area contributed by atoms with E-state index in [9.17, 15) is 0 Å². The van der Waals surface area contributed by atoms with Crippen molar-refractivity contribution in [3.8, 4) is 0 Å². The Labute approximate surface area is 129 Å². The highest BCUT2D eigenvalue weighted by Gasteiger charge is 2.39. The van der Waals surface area contributed by atoms with Crippen LogP contribution < -0.4 is 0 Å². The molecule has 0 spiro atoms. The molecule has 0 aromatic heterocycles. The number of methoxy groups -OCH3 is 1. The van der Waals surface area contributed by atoms with E-state index in [1.165, 1.54) is 41.2 Å². The van der Waals surface area contributed by atoms with Crippen LogP contribution in [0.3, 0.4) is 0 Å². The number of hydrogen-bond donors (Lipinski definition) is 0. The maximum atomic E-state index is 5.79. The van der Waals surface area contributed by atoms with Crippen LogP contribution >= 0.6 is 15.9 Å². The first-order chi connectivity index (χ1) is 9.65. The number of alkyl halides is 1. The van der Waals surface area contributed by atoms with E-state index in [0.717, 1.165) is 6.42 Å². The minimum atomic E-state index is 0.0948. The van der Waals surface area contributed by atoms with Gasteiger partial charge in [-0.15, -0.1) is 0 Å². The molecule has 0 saturated heterocycles. The molecule has 0 bridgehead atoms. The summed E-state index contributed by atoms with van der Waals surface area (Å²) in [6.07, 6.45) is 4.73. The maximum Gasteiger partial charge on any atom is 0.0692 e. The van der Waals surface area contributed by atoms with E-state index in [0.29, 0.717) is 4.83 Å². The summed E-state index contributed by atoms with van der Waals surface area (Å²) in [7, 11) is 1.86. The van der Waals surface area contributed by atoms with Crippen LogP contribution in [0.4, 0.5) is 0 Å². The fourth-order valence-electron chi connectivity index (χ4n) is 3.31. The van der Waals surface area contributed by atoms with Crippen LogP contribution in [0.1, 0.15) is 41.6 Å². The van der Waals surface area contributed by atoms with Gasteiger partial charge in [0.25, 0.3) is 0 Å². The molecule has 0 amide bonds. The molecule has 1 aliphatic rings. The molecule has 1 saturated carbocycles. The predicted octanol–water partition coefficient (Wildman–Crippen LogP) is 5.54. The standard InChI is InChI=1S/C18H21BrO/c1-13-8-9-14-6-3-4-7-15(14)17(13)16(19)12-18(20-2)10-5-11-18/h3-4,6-9,16H,5,10-12H2,1-2H3. The highest BCUT2D eigenvalue weighted by molar-refractivity contribution is 9.09. The molecule has 1 unspecified atom stereocenters. The summed E-state index contributed by atoms with van der Waals surface area (Å²) in [5, 5.41) is 2.68. The second-order valence-corrected chi connectivity index (χ2v) is 7.03. The maximum absolute atomic E-state index is 5.79. The van der Waals surface area contributed by atoms with Gasteiger partial charge in [-0.2, -0.15) is 0 Å². The molecule has 106 valence electrons. The third-order valence-corrected chi connectivity index (χ3v) is 5.53. The summed E-state index contributed by atoms with van der Waals surface area (Å²) in [6, 6.07) is 13.1. The second kappa shape index (κ2) is 5.50. The molecule has 0 aliphatic heterocycles. The summed E-state index contributed by atoms with van der Waals surface area (Å²) >= 11 is 3.93. The van der Waals surface area contributed by atoms with Gasteiger partial charge in [-0.3, -0.25) is 0 Å². The minimum Gasteiger partial charge on any atom is -0.378 e. The van der Waals surface area contributed by atoms with Gasteiger partial charge in [-0.25, -0.2) is 0 Å². The number of halogens is 1. The van der Waals surface area contributed by atoms with Crippen LogP contribution in [0.25, 0.3) is 10.8 Å². The molecule has 2 aromatic carbocycles. The Morgan fingerprint density at radius 1 is 1.20 bits per heavy atom. The highest BCUT2D eigenvalue weighted by atomic mass is 79.9. The molecule has 1 aliphatic carbocycles. The third-order valence-electron chi connectivity index (χ3n) is 4.75. The molecule has 1 atom stereocenters. The van der Waals surface area contributed by atoms with Gasteiger partial charge >= 0.3 is 0 Å². The number of hydrogen-bond acceptors (Lipinski definition) is 1. The minimum absolute atomic E-state index is 0.0948. The van der Waals surface area contributed by atoms with Crippen molar-refractivity contribution in [2.24, 2.45) is 0 Å². The van der Waals surface area contributed by atoms with Gasteiger partial charge in [0.15, 0.2) is 0 Å². The summed E-state index contributed by atoms with van der Waals surface area (Å²) in [6.45, 7) is 2.20. The number of benzene rings is 2. The molecule has 20 heavy (non-hydrogen) atoms. The van der Waals surface area contributed by atoms with E-state index in [1.807, 2.05) is 7.11 Å². The van der Waals surface area contributed by atoms with Crippen LogP contribution in [0.5, 0.6) is 0 Å². The van der Waals surface area contributed by atoms with Crippen molar-refractivity contribution in [2.75, 3.05) is 7.11 Å². The lowest BCUT2D eigenvalue weighted by molar-refractivity contribution is -0.0772. The Kier molecular flexibility index (Phi) is 3.87. The van der Waals surface area contributed by atoms with Crippen LogP contribution in [0, 0.1) is 6.92 Å². The Bertz CT molecular complexity index is 610. The molecule has 0 heterocycles. The molecule has 1 fully saturated rings. The largest absolute Gasteiger partial charge is 0.378 e. The smallest absolute Gasteiger partial charge is 0.0692 e. The first kappa shape index (κ1) is 14.1. The molecule has 3 rings (SSSR count). The SMILES string of the molecule is COC1(CC(Br)c2c(C)ccc3ccccc23)CCC1. The Morgan fingerprint density at radius 2 is 1.95 bits per heavy atom. The van der Waals surface area contributed by atoms with E-state index in [2.05, 4.69) is 59.3 Å². The molecule has 0 N–H and O–H groups in total. The average Bonchev–Trinajstić information content (AvgIpc) is 2.42. The van der Waals surface area contributed by atoms with Gasteiger partial charge in [-0.1, -0.05) is 52.3 Å².